The molecule has 0 aliphatic carbocycles. The van der Waals surface area contributed by atoms with Crippen LogP contribution in [0.1, 0.15) is 48.4 Å². The van der Waals surface area contributed by atoms with Crippen LogP contribution in [0.15, 0.2) is 12.3 Å². The Morgan fingerprint density at radius 3 is 2.53 bits per heavy atom. The van der Waals surface area contributed by atoms with Crippen molar-refractivity contribution >= 4 is 29.2 Å². The van der Waals surface area contributed by atoms with Crippen LogP contribution in [-0.4, -0.2) is 52.0 Å². The lowest BCUT2D eigenvalue weighted by molar-refractivity contribution is -0.137. The minimum absolute atomic E-state index is 0.0355. The zero-order chi connectivity index (χ0) is 22.1. The Labute approximate surface area is 176 Å². The van der Waals surface area contributed by atoms with Crippen molar-refractivity contribution in [3.63, 3.8) is 0 Å². The first kappa shape index (κ1) is 22.2. The highest BCUT2D eigenvalue weighted by atomic mass is 35.5. The molecule has 11 heteroatoms. The van der Waals surface area contributed by atoms with Gasteiger partial charge in [-0.3, -0.25) is 9.20 Å². The fraction of sp³-hybridized carbons (Fsp3) is 0.526. The third kappa shape index (κ3) is 4.48. The Morgan fingerprint density at radius 1 is 1.30 bits per heavy atom. The number of carbonyl (C=O) groups excluding carboxylic acids is 2. The number of halogens is 4. The molecule has 30 heavy (non-hydrogen) atoms. The number of hydrogen-bond donors (Lipinski definition) is 1. The average Bonchev–Trinajstić information content (AvgIpc) is 3.07. The lowest BCUT2D eigenvalue weighted by Gasteiger charge is -2.31. The van der Waals surface area contributed by atoms with Gasteiger partial charge in [-0.2, -0.15) is 13.2 Å². The number of pyridine rings is 1. The molecular weight excluding hydrogens is 425 g/mol. The van der Waals surface area contributed by atoms with E-state index in [4.69, 9.17) is 16.3 Å². The summed E-state index contributed by atoms with van der Waals surface area (Å²) >= 11 is 6.01. The van der Waals surface area contributed by atoms with Gasteiger partial charge in [-0.15, -0.1) is 0 Å². The molecule has 1 N–H and O–H groups in total. The fourth-order valence-electron chi connectivity index (χ4n) is 3.47. The van der Waals surface area contributed by atoms with Gasteiger partial charge < -0.3 is 15.0 Å². The number of likely N-dealkylation sites (tertiary alicyclic amines) is 1. The van der Waals surface area contributed by atoms with Gasteiger partial charge in [0.1, 0.15) is 5.69 Å². The summed E-state index contributed by atoms with van der Waals surface area (Å²) in [7, 11) is 0. The summed E-state index contributed by atoms with van der Waals surface area (Å²) in [6.07, 6.45) is -2.79. The molecule has 2 aromatic rings. The smallest absolute Gasteiger partial charge is 0.417 e. The molecule has 3 heterocycles. The molecule has 0 radical (unpaired) electrons. The van der Waals surface area contributed by atoms with Crippen molar-refractivity contribution in [1.29, 1.82) is 0 Å². The van der Waals surface area contributed by atoms with Gasteiger partial charge in [0.25, 0.3) is 5.91 Å². The van der Waals surface area contributed by atoms with Crippen LogP contribution >= 0.6 is 11.6 Å². The molecule has 2 aromatic heterocycles. The molecule has 0 spiro atoms. The third-order valence-corrected chi connectivity index (χ3v) is 5.26. The predicted octanol–water partition coefficient (Wildman–Crippen LogP) is 3.92. The first-order chi connectivity index (χ1) is 14.2. The zero-order valence-electron chi connectivity index (χ0n) is 16.6. The molecule has 0 unspecified atom stereocenters. The maximum atomic E-state index is 13.2. The number of fused-ring (bicyclic) bond motifs is 1. The molecule has 0 atom stereocenters. The zero-order valence-corrected chi connectivity index (χ0v) is 17.3. The summed E-state index contributed by atoms with van der Waals surface area (Å²) in [5.41, 5.74) is -0.466. The van der Waals surface area contributed by atoms with E-state index < -0.39 is 23.7 Å². The van der Waals surface area contributed by atoms with E-state index in [9.17, 15) is 22.8 Å². The monoisotopic (exact) mass is 446 g/mol. The van der Waals surface area contributed by atoms with E-state index in [1.807, 2.05) is 0 Å². The van der Waals surface area contributed by atoms with E-state index >= 15 is 0 Å². The van der Waals surface area contributed by atoms with E-state index in [1.165, 1.54) is 0 Å². The van der Waals surface area contributed by atoms with Gasteiger partial charge in [0.2, 0.25) is 0 Å². The Morgan fingerprint density at radius 2 is 1.97 bits per heavy atom. The maximum Gasteiger partial charge on any atom is 0.417 e. The van der Waals surface area contributed by atoms with E-state index in [0.717, 1.165) is 16.7 Å². The number of alkyl halides is 3. The second-order valence-corrected chi connectivity index (χ2v) is 7.37. The highest BCUT2D eigenvalue weighted by Crippen LogP contribution is 2.33. The number of ether oxygens (including phenoxy) is 1. The van der Waals surface area contributed by atoms with Gasteiger partial charge in [0, 0.05) is 25.3 Å². The van der Waals surface area contributed by atoms with Gasteiger partial charge in [-0.25, -0.2) is 9.78 Å². The number of nitrogens with zero attached hydrogens (tertiary/aromatic N) is 3. The number of hydrogen-bond acceptors (Lipinski definition) is 4. The molecule has 7 nitrogen and oxygen atoms in total. The molecule has 1 aliphatic rings. The van der Waals surface area contributed by atoms with Gasteiger partial charge in [0.05, 0.1) is 22.9 Å². The first-order valence-corrected chi connectivity index (χ1v) is 10.0. The molecule has 1 saturated heterocycles. The topological polar surface area (TPSA) is 75.9 Å². The lowest BCUT2D eigenvalue weighted by atomic mass is 10.1. The average molecular weight is 447 g/mol. The van der Waals surface area contributed by atoms with E-state index in [0.29, 0.717) is 38.0 Å². The van der Waals surface area contributed by atoms with Crippen LogP contribution in [-0.2, 0) is 17.3 Å². The van der Waals surface area contributed by atoms with Gasteiger partial charge in [0.15, 0.2) is 5.65 Å². The molecule has 1 fully saturated rings. The van der Waals surface area contributed by atoms with Crippen molar-refractivity contribution in [2.75, 3.05) is 19.7 Å². The van der Waals surface area contributed by atoms with Crippen LogP contribution < -0.4 is 5.32 Å². The number of rotatable bonds is 4. The van der Waals surface area contributed by atoms with Crippen molar-refractivity contribution in [2.45, 2.75) is 45.3 Å². The normalized spacial score (nSPS) is 15.5. The van der Waals surface area contributed by atoms with Crippen molar-refractivity contribution in [2.24, 2.45) is 0 Å². The van der Waals surface area contributed by atoms with Crippen molar-refractivity contribution in [3.05, 3.63) is 34.2 Å². The molecule has 3 rings (SSSR count). The Hall–Kier alpha value is -2.49. The second kappa shape index (κ2) is 8.71. The van der Waals surface area contributed by atoms with Crippen LogP contribution in [0.25, 0.3) is 5.65 Å². The molecule has 2 amide bonds. The number of carbonyl (C=O) groups is 2. The van der Waals surface area contributed by atoms with Crippen molar-refractivity contribution < 1.29 is 27.5 Å². The van der Waals surface area contributed by atoms with E-state index in [-0.39, 0.29) is 29.0 Å². The van der Waals surface area contributed by atoms with Crippen LogP contribution in [0.4, 0.5) is 18.0 Å². The number of aromatic nitrogens is 2. The number of imidazole rings is 1. The minimum atomic E-state index is -4.61. The number of nitrogens with one attached hydrogen (secondary N) is 1. The van der Waals surface area contributed by atoms with Crippen molar-refractivity contribution in [3.8, 4) is 0 Å². The Balaban J connectivity index is 1.83. The summed E-state index contributed by atoms with van der Waals surface area (Å²) < 4.78 is 45.7. The highest BCUT2D eigenvalue weighted by Gasteiger charge is 2.33. The molecular formula is C19H22ClF3N4O3. The van der Waals surface area contributed by atoms with E-state index in [2.05, 4.69) is 10.3 Å². The Kier molecular flexibility index (Phi) is 6.44. The summed E-state index contributed by atoms with van der Waals surface area (Å²) in [5, 5.41) is 2.68. The minimum Gasteiger partial charge on any atom is -0.450 e. The standard InChI is InChI=1S/C19H22ClF3N4O3/c1-3-14-15(27-10-11(19(21,22)23)9-13(20)16(27)25-14)17(28)24-12-5-7-26(8-6-12)18(29)30-4-2/h9-10,12H,3-8H2,1-2H3,(H,24,28). The molecule has 0 bridgehead atoms. The second-order valence-electron chi connectivity index (χ2n) is 6.96. The molecule has 164 valence electrons. The highest BCUT2D eigenvalue weighted by molar-refractivity contribution is 6.33. The van der Waals surface area contributed by atoms with Crippen LogP contribution in [0, 0.1) is 0 Å². The number of amides is 2. The summed E-state index contributed by atoms with van der Waals surface area (Å²) in [6, 6.07) is 0.579. The number of aryl methyl sites for hydroxylation is 1. The van der Waals surface area contributed by atoms with Gasteiger partial charge >= 0.3 is 12.3 Å². The SMILES string of the molecule is CCOC(=O)N1CCC(NC(=O)c2c(CC)nc3c(Cl)cc(C(F)(F)F)cn23)CC1. The van der Waals surface area contributed by atoms with Crippen LogP contribution in [0.2, 0.25) is 5.02 Å². The van der Waals surface area contributed by atoms with Gasteiger partial charge in [-0.05, 0) is 32.3 Å². The third-order valence-electron chi connectivity index (χ3n) is 4.98. The summed E-state index contributed by atoms with van der Waals surface area (Å²) in [6.45, 7) is 4.60. The van der Waals surface area contributed by atoms with Crippen molar-refractivity contribution in [1.82, 2.24) is 19.6 Å². The van der Waals surface area contributed by atoms with Crippen LogP contribution in [0.5, 0.6) is 0 Å². The quantitative estimate of drug-likeness (QED) is 0.772. The lowest BCUT2D eigenvalue weighted by Crippen LogP contribution is -2.47. The van der Waals surface area contributed by atoms with Crippen LogP contribution in [0.3, 0.4) is 0 Å². The molecule has 0 aromatic carbocycles. The first-order valence-electron chi connectivity index (χ1n) is 9.65. The maximum absolute atomic E-state index is 13.2. The Bertz CT molecular complexity index is 953. The molecule has 0 saturated carbocycles. The van der Waals surface area contributed by atoms with E-state index in [1.54, 1.807) is 18.7 Å². The predicted molar refractivity (Wildman–Crippen MR) is 104 cm³/mol. The number of piperidine rings is 1. The fourth-order valence-corrected chi connectivity index (χ4v) is 3.72. The summed E-state index contributed by atoms with van der Waals surface area (Å²) in [4.78, 5) is 30.6. The summed E-state index contributed by atoms with van der Waals surface area (Å²) in [5.74, 6) is -0.524. The van der Waals surface area contributed by atoms with Gasteiger partial charge in [-0.1, -0.05) is 18.5 Å². The molecule has 1 aliphatic heterocycles. The largest absolute Gasteiger partial charge is 0.450 e.